The van der Waals surface area contributed by atoms with Gasteiger partial charge in [-0.1, -0.05) is 20.8 Å². The summed E-state index contributed by atoms with van der Waals surface area (Å²) in [6, 6.07) is 0. The fraction of sp³-hybridized carbons (Fsp3) is 0.920. The minimum Gasteiger partial charge on any atom is -0.465 e. The Morgan fingerprint density at radius 1 is 0.970 bits per heavy atom. The molecule has 33 heavy (non-hydrogen) atoms. The van der Waals surface area contributed by atoms with E-state index in [1.807, 2.05) is 0 Å². The number of ether oxygens (including phenoxy) is 6. The molecule has 182 valence electrons. The van der Waals surface area contributed by atoms with Gasteiger partial charge < -0.3 is 23.7 Å². The Morgan fingerprint density at radius 3 is 2.48 bits per heavy atom. The largest absolute Gasteiger partial charge is 0.465 e. The van der Waals surface area contributed by atoms with E-state index in [2.05, 4.69) is 34.6 Å². The van der Waals surface area contributed by atoms with Crippen LogP contribution in [0, 0.1) is 34.5 Å². The maximum atomic E-state index is 12.8. The zero-order chi connectivity index (χ0) is 23.4. The van der Waals surface area contributed by atoms with Gasteiger partial charge in [0, 0.05) is 12.8 Å². The molecule has 8 nitrogen and oxygen atoms in total. The van der Waals surface area contributed by atoms with Gasteiger partial charge in [-0.15, -0.1) is 0 Å². The second kappa shape index (κ2) is 5.61. The molecule has 7 rings (SSSR count). The highest BCUT2D eigenvalue weighted by Crippen LogP contribution is 2.77. The highest BCUT2D eigenvalue weighted by molar-refractivity contribution is 5.77. The molecule has 2 bridgehead atoms. The van der Waals surface area contributed by atoms with Crippen LogP contribution in [0.1, 0.15) is 67.2 Å². The lowest BCUT2D eigenvalue weighted by Gasteiger charge is -2.58. The van der Waals surface area contributed by atoms with Gasteiger partial charge in [0.2, 0.25) is 5.79 Å². The van der Waals surface area contributed by atoms with Crippen LogP contribution < -0.4 is 0 Å². The van der Waals surface area contributed by atoms with Crippen molar-refractivity contribution in [1.82, 2.24) is 0 Å². The average molecular weight is 463 g/mol. The molecule has 7 fully saturated rings. The molecule has 11 atom stereocenters. The van der Waals surface area contributed by atoms with Gasteiger partial charge in [0.1, 0.15) is 12.7 Å². The van der Waals surface area contributed by atoms with Crippen LogP contribution in [0.5, 0.6) is 0 Å². The van der Waals surface area contributed by atoms with Gasteiger partial charge in [0.15, 0.2) is 0 Å². The SMILES string of the molecule is CC1C2C(=O)OC3(C)OC4(OC23)OC2(CC14C)C(C)CCC1C(C)(C)OC3CC(=O)OCC312. The molecule has 8 heteroatoms. The molecule has 1 saturated carbocycles. The van der Waals surface area contributed by atoms with Crippen molar-refractivity contribution < 1.29 is 38.0 Å². The highest BCUT2D eigenvalue weighted by atomic mass is 17.0. The normalized spacial score (nSPS) is 62.0. The summed E-state index contributed by atoms with van der Waals surface area (Å²) in [5, 5.41) is 0. The maximum Gasteiger partial charge on any atom is 0.314 e. The van der Waals surface area contributed by atoms with Crippen LogP contribution in [0.4, 0.5) is 0 Å². The van der Waals surface area contributed by atoms with Crippen LogP contribution in [0.3, 0.4) is 0 Å². The van der Waals surface area contributed by atoms with Crippen molar-refractivity contribution in [3.63, 3.8) is 0 Å². The number of esters is 2. The van der Waals surface area contributed by atoms with E-state index in [9.17, 15) is 9.59 Å². The van der Waals surface area contributed by atoms with E-state index in [1.54, 1.807) is 6.92 Å². The maximum absolute atomic E-state index is 12.8. The number of cyclic esters (lactones) is 1. The van der Waals surface area contributed by atoms with Crippen molar-refractivity contribution >= 4 is 11.9 Å². The molecule has 3 spiro atoms. The minimum absolute atomic E-state index is 0.0589. The number of rotatable bonds is 0. The van der Waals surface area contributed by atoms with Crippen LogP contribution in [0.2, 0.25) is 0 Å². The van der Waals surface area contributed by atoms with E-state index in [0.717, 1.165) is 12.8 Å². The summed E-state index contributed by atoms with van der Waals surface area (Å²) in [5.41, 5.74) is -2.17. The van der Waals surface area contributed by atoms with Gasteiger partial charge in [-0.2, -0.15) is 0 Å². The smallest absolute Gasteiger partial charge is 0.314 e. The Hall–Kier alpha value is -1.22. The Labute approximate surface area is 193 Å². The van der Waals surface area contributed by atoms with Gasteiger partial charge in [-0.05, 0) is 44.9 Å². The van der Waals surface area contributed by atoms with Crippen LogP contribution in [-0.4, -0.2) is 53.7 Å². The van der Waals surface area contributed by atoms with Crippen LogP contribution >= 0.6 is 0 Å². The van der Waals surface area contributed by atoms with Crippen LogP contribution in [0.25, 0.3) is 0 Å². The molecule has 6 aliphatic heterocycles. The molecule has 11 unspecified atom stereocenters. The quantitative estimate of drug-likeness (QED) is 0.508. The minimum atomic E-state index is -1.31. The standard InChI is InChI=1S/C25H34O8/c1-12-7-8-14-20(3,4)29-15-9-16(26)28-11-23(14,15)24(12)10-21(5)13(2)17-18-22(6,31-19(17)27)32-25(21,30-18)33-24/h12-15,17-18H,7-11H2,1-6H3. The van der Waals surface area contributed by atoms with Crippen molar-refractivity contribution in [1.29, 1.82) is 0 Å². The second-order valence-corrected chi connectivity index (χ2v) is 12.7. The predicted octanol–water partition coefficient (Wildman–Crippen LogP) is 2.92. The number of carbonyl (C=O) groups is 2. The molecular weight excluding hydrogens is 428 g/mol. The summed E-state index contributed by atoms with van der Waals surface area (Å²) >= 11 is 0. The van der Waals surface area contributed by atoms with E-state index >= 15 is 0 Å². The Balaban J connectivity index is 1.42. The first kappa shape index (κ1) is 21.1. The zero-order valence-electron chi connectivity index (χ0n) is 20.3. The molecule has 1 aliphatic carbocycles. The number of hydrogen-bond acceptors (Lipinski definition) is 8. The fourth-order valence-corrected chi connectivity index (χ4v) is 9.30. The summed E-state index contributed by atoms with van der Waals surface area (Å²) in [7, 11) is 0. The van der Waals surface area contributed by atoms with Crippen LogP contribution in [-0.2, 0) is 38.0 Å². The van der Waals surface area contributed by atoms with Crippen molar-refractivity contribution in [2.45, 2.75) is 102 Å². The molecule has 0 aromatic carbocycles. The molecule has 0 N–H and O–H groups in total. The van der Waals surface area contributed by atoms with Gasteiger partial charge in [0.05, 0.1) is 40.5 Å². The predicted molar refractivity (Wildman–Crippen MR) is 111 cm³/mol. The molecule has 7 aliphatic rings. The van der Waals surface area contributed by atoms with Crippen molar-refractivity contribution in [2.75, 3.05) is 6.61 Å². The summed E-state index contributed by atoms with van der Waals surface area (Å²) in [6.45, 7) is 12.8. The summed E-state index contributed by atoms with van der Waals surface area (Å²) in [5.74, 6) is -3.06. The van der Waals surface area contributed by atoms with E-state index in [-0.39, 0.29) is 48.8 Å². The second-order valence-electron chi connectivity index (χ2n) is 12.7. The summed E-state index contributed by atoms with van der Waals surface area (Å²) in [4.78, 5) is 25.2. The van der Waals surface area contributed by atoms with E-state index < -0.39 is 45.8 Å². The number of hydrogen-bond donors (Lipinski definition) is 0. The molecule has 6 heterocycles. The third-order valence-corrected chi connectivity index (χ3v) is 11.0. The van der Waals surface area contributed by atoms with E-state index in [4.69, 9.17) is 28.4 Å². The topological polar surface area (TPSA) is 89.5 Å². The lowest BCUT2D eigenvalue weighted by atomic mass is 9.47. The van der Waals surface area contributed by atoms with Crippen molar-refractivity contribution in [2.24, 2.45) is 34.5 Å². The lowest BCUT2D eigenvalue weighted by molar-refractivity contribution is -0.434. The molecule has 0 aromatic heterocycles. The van der Waals surface area contributed by atoms with Crippen LogP contribution in [0.15, 0.2) is 0 Å². The fourth-order valence-electron chi connectivity index (χ4n) is 9.30. The third kappa shape index (κ3) is 2.00. The van der Waals surface area contributed by atoms with Gasteiger partial charge in [-0.25, -0.2) is 0 Å². The third-order valence-electron chi connectivity index (χ3n) is 11.0. The average Bonchev–Trinajstić information content (AvgIpc) is 3.30. The first-order chi connectivity index (χ1) is 15.3. The number of carbonyl (C=O) groups excluding carboxylic acids is 2. The van der Waals surface area contributed by atoms with E-state index in [1.165, 1.54) is 0 Å². The van der Waals surface area contributed by atoms with Crippen molar-refractivity contribution in [3.05, 3.63) is 0 Å². The highest BCUT2D eigenvalue weighted by Gasteiger charge is 2.87. The Bertz CT molecular complexity index is 979. The Morgan fingerprint density at radius 2 is 1.73 bits per heavy atom. The zero-order valence-corrected chi connectivity index (χ0v) is 20.3. The molecular formula is C25H34O8. The van der Waals surface area contributed by atoms with Gasteiger partial charge >= 0.3 is 11.9 Å². The van der Waals surface area contributed by atoms with Gasteiger partial charge in [0.25, 0.3) is 5.97 Å². The van der Waals surface area contributed by atoms with E-state index in [0.29, 0.717) is 6.42 Å². The first-order valence-corrected chi connectivity index (χ1v) is 12.5. The monoisotopic (exact) mass is 462 g/mol. The Kier molecular flexibility index (Phi) is 3.58. The lowest BCUT2D eigenvalue weighted by Crippen LogP contribution is -2.67. The summed E-state index contributed by atoms with van der Waals surface area (Å²) in [6.07, 6.45) is 2.05. The summed E-state index contributed by atoms with van der Waals surface area (Å²) < 4.78 is 38.5. The molecule has 0 radical (unpaired) electrons. The van der Waals surface area contributed by atoms with Crippen molar-refractivity contribution in [3.8, 4) is 0 Å². The van der Waals surface area contributed by atoms with Gasteiger partial charge in [-0.3, -0.25) is 14.3 Å². The molecule has 0 aromatic rings. The first-order valence-electron chi connectivity index (χ1n) is 12.5. The molecule has 0 amide bonds. The molecule has 6 saturated heterocycles.